The summed E-state index contributed by atoms with van der Waals surface area (Å²) in [5.41, 5.74) is 0. The van der Waals surface area contributed by atoms with Crippen LogP contribution in [0.4, 0.5) is 0 Å². The normalized spacial score (nSPS) is 12.6. The van der Waals surface area contributed by atoms with E-state index < -0.39 is 6.10 Å². The molecule has 0 saturated carbocycles. The zero-order chi connectivity index (χ0) is 44.9. The Bertz CT molecular complexity index is 1070. The maximum atomic E-state index is 12.3. The zero-order valence-electron chi connectivity index (χ0n) is 41.1. The topological polar surface area (TPSA) is 72.8 Å². The molecule has 5 heteroatoms. The summed E-state index contributed by atoms with van der Waals surface area (Å²) in [6.07, 6.45) is 70.4. The molecule has 1 atom stereocenters. The van der Waals surface area contributed by atoms with E-state index in [1.807, 2.05) is 0 Å². The van der Waals surface area contributed by atoms with E-state index in [1.54, 1.807) is 0 Å². The number of hydrogen-bond acceptors (Lipinski definition) is 5. The van der Waals surface area contributed by atoms with Gasteiger partial charge in [-0.25, -0.2) is 0 Å². The number of esters is 2. The molecule has 0 saturated heterocycles. The van der Waals surface area contributed by atoms with E-state index in [0.717, 1.165) is 70.6 Å². The average molecular weight is 867 g/mol. The lowest BCUT2D eigenvalue weighted by atomic mass is 10.0. The molecule has 0 aliphatic heterocycles. The third kappa shape index (κ3) is 50.2. The van der Waals surface area contributed by atoms with Gasteiger partial charge in [-0.05, 0) is 57.8 Å². The predicted molar refractivity (Wildman–Crippen MR) is 270 cm³/mol. The van der Waals surface area contributed by atoms with Crippen LogP contribution in [0.15, 0.2) is 60.8 Å². The number of hydrogen-bond donors (Lipinski definition) is 1. The molecule has 0 rings (SSSR count). The summed E-state index contributed by atoms with van der Waals surface area (Å²) in [6.45, 7) is 4.05. The molecule has 0 spiro atoms. The van der Waals surface area contributed by atoms with Crippen molar-refractivity contribution >= 4 is 11.9 Å². The van der Waals surface area contributed by atoms with Crippen LogP contribution in [0.5, 0.6) is 0 Å². The third-order valence-electron chi connectivity index (χ3n) is 11.8. The second-order valence-electron chi connectivity index (χ2n) is 17.9. The lowest BCUT2D eigenvalue weighted by Crippen LogP contribution is -2.28. The first-order chi connectivity index (χ1) is 30.6. The molecule has 62 heavy (non-hydrogen) atoms. The van der Waals surface area contributed by atoms with Crippen LogP contribution in [0.1, 0.15) is 271 Å². The monoisotopic (exact) mass is 867 g/mol. The van der Waals surface area contributed by atoms with Crippen LogP contribution in [-0.4, -0.2) is 36.4 Å². The highest BCUT2D eigenvalue weighted by Gasteiger charge is 2.16. The van der Waals surface area contributed by atoms with Gasteiger partial charge in [-0.3, -0.25) is 9.59 Å². The van der Waals surface area contributed by atoms with E-state index in [9.17, 15) is 14.7 Å². The quantitative estimate of drug-likeness (QED) is 0.0375. The summed E-state index contributed by atoms with van der Waals surface area (Å²) < 4.78 is 10.7. The van der Waals surface area contributed by atoms with Gasteiger partial charge in [-0.1, -0.05) is 261 Å². The first kappa shape index (κ1) is 59.6. The Hall–Kier alpha value is -2.40. The fourth-order valence-electron chi connectivity index (χ4n) is 7.82. The van der Waals surface area contributed by atoms with Crippen LogP contribution in [0.25, 0.3) is 0 Å². The van der Waals surface area contributed by atoms with E-state index in [4.69, 9.17) is 9.47 Å². The van der Waals surface area contributed by atoms with Crippen molar-refractivity contribution in [3.63, 3.8) is 0 Å². The lowest BCUT2D eigenvalue weighted by Gasteiger charge is -2.15. The molecule has 0 radical (unpaired) electrons. The second-order valence-corrected chi connectivity index (χ2v) is 17.9. The number of aliphatic hydroxyl groups is 1. The van der Waals surface area contributed by atoms with Gasteiger partial charge in [0, 0.05) is 12.8 Å². The maximum absolute atomic E-state index is 12.3. The number of unbranched alkanes of at least 4 members (excludes halogenated alkanes) is 31. The Kier molecular flexibility index (Phi) is 50.9. The van der Waals surface area contributed by atoms with E-state index in [1.165, 1.54) is 173 Å². The third-order valence-corrected chi connectivity index (χ3v) is 11.8. The summed E-state index contributed by atoms with van der Waals surface area (Å²) in [4.78, 5) is 24.5. The number of ether oxygens (including phenoxy) is 2. The first-order valence-electron chi connectivity index (χ1n) is 26.8. The van der Waals surface area contributed by atoms with Crippen molar-refractivity contribution in [2.24, 2.45) is 0 Å². The summed E-state index contributed by atoms with van der Waals surface area (Å²) in [5, 5.41) is 9.64. The SMILES string of the molecule is CC/C=C\C/C=C\C/C=C\C/C=C\C/C=C\CCCCCCCCCCCC(=O)OC(CO)COC(=O)CCCCCCCCCCCCCCCCCCCCCCCCC. The molecule has 1 unspecified atom stereocenters. The Labute approximate surface area is 385 Å². The number of aliphatic hydroxyl groups excluding tert-OH is 1. The van der Waals surface area contributed by atoms with Crippen molar-refractivity contribution in [1.29, 1.82) is 0 Å². The van der Waals surface area contributed by atoms with E-state index >= 15 is 0 Å². The van der Waals surface area contributed by atoms with Gasteiger partial charge in [0.05, 0.1) is 6.61 Å². The molecule has 0 amide bonds. The average Bonchev–Trinajstić information content (AvgIpc) is 3.28. The van der Waals surface area contributed by atoms with Crippen LogP contribution < -0.4 is 0 Å². The number of carbonyl (C=O) groups excluding carboxylic acids is 2. The van der Waals surface area contributed by atoms with Gasteiger partial charge in [0.1, 0.15) is 6.61 Å². The highest BCUT2D eigenvalue weighted by atomic mass is 16.6. The van der Waals surface area contributed by atoms with Crippen molar-refractivity contribution in [1.82, 2.24) is 0 Å². The molecule has 0 aromatic heterocycles. The van der Waals surface area contributed by atoms with Gasteiger partial charge >= 0.3 is 11.9 Å². The second kappa shape index (κ2) is 52.9. The van der Waals surface area contributed by atoms with Crippen molar-refractivity contribution in [2.45, 2.75) is 277 Å². The fraction of sp³-hybridized carbons (Fsp3) is 0.789. The summed E-state index contributed by atoms with van der Waals surface area (Å²) >= 11 is 0. The molecule has 1 N–H and O–H groups in total. The molecule has 0 aliphatic carbocycles. The van der Waals surface area contributed by atoms with Crippen molar-refractivity contribution in [3.8, 4) is 0 Å². The summed E-state index contributed by atoms with van der Waals surface area (Å²) in [7, 11) is 0. The van der Waals surface area contributed by atoms with E-state index in [0.29, 0.717) is 12.8 Å². The first-order valence-corrected chi connectivity index (χ1v) is 26.8. The van der Waals surface area contributed by atoms with Crippen molar-refractivity contribution < 1.29 is 24.2 Å². The van der Waals surface area contributed by atoms with Crippen LogP contribution >= 0.6 is 0 Å². The minimum atomic E-state index is -0.776. The van der Waals surface area contributed by atoms with Gasteiger partial charge in [0.15, 0.2) is 6.10 Å². The number of carbonyl (C=O) groups is 2. The molecule has 360 valence electrons. The molecular weight excluding hydrogens is 765 g/mol. The molecule has 0 bridgehead atoms. The van der Waals surface area contributed by atoms with Gasteiger partial charge in [-0.15, -0.1) is 0 Å². The Morgan fingerprint density at radius 3 is 1.05 bits per heavy atom. The van der Waals surface area contributed by atoms with Crippen molar-refractivity contribution in [2.75, 3.05) is 13.2 Å². The molecule has 0 fully saturated rings. The Balaban J connectivity index is 3.49. The van der Waals surface area contributed by atoms with Gasteiger partial charge in [0.2, 0.25) is 0 Å². The van der Waals surface area contributed by atoms with Crippen LogP contribution in [0.2, 0.25) is 0 Å². The van der Waals surface area contributed by atoms with Crippen molar-refractivity contribution in [3.05, 3.63) is 60.8 Å². The molecule has 0 aliphatic rings. The summed E-state index contributed by atoms with van der Waals surface area (Å²) in [5.74, 6) is -0.587. The Morgan fingerprint density at radius 2 is 0.694 bits per heavy atom. The highest BCUT2D eigenvalue weighted by Crippen LogP contribution is 2.17. The standard InChI is InChI=1S/C57H102O5/c1-3-5-7-9-11-13-15-17-19-21-23-25-27-28-30-32-34-36-38-40-42-44-46-48-50-52-57(60)62-55(53-58)54-61-56(59)51-49-47-45-43-41-39-37-35-33-31-29-26-24-22-20-18-16-14-12-10-8-6-4-2/h5,7,11,13,17,19,23,25,28,30,55,58H,3-4,6,8-10,12,14-16,18,20-22,24,26-27,29,31-54H2,1-2H3/b7-5-,13-11-,19-17-,25-23-,30-28-. The van der Waals surface area contributed by atoms with Crippen LogP contribution in [0.3, 0.4) is 0 Å². The van der Waals surface area contributed by atoms with Crippen LogP contribution in [0, 0.1) is 0 Å². The molecule has 0 aromatic carbocycles. The van der Waals surface area contributed by atoms with E-state index in [2.05, 4.69) is 74.6 Å². The van der Waals surface area contributed by atoms with Crippen LogP contribution in [-0.2, 0) is 19.1 Å². The Morgan fingerprint density at radius 1 is 0.387 bits per heavy atom. The van der Waals surface area contributed by atoms with Gasteiger partial charge < -0.3 is 14.6 Å². The molecule has 5 nitrogen and oxygen atoms in total. The molecular formula is C57H102O5. The minimum Gasteiger partial charge on any atom is -0.462 e. The number of rotatable bonds is 49. The van der Waals surface area contributed by atoms with Gasteiger partial charge in [-0.2, -0.15) is 0 Å². The van der Waals surface area contributed by atoms with E-state index in [-0.39, 0.29) is 25.2 Å². The number of allylic oxidation sites excluding steroid dienone is 10. The maximum Gasteiger partial charge on any atom is 0.306 e. The van der Waals surface area contributed by atoms with Gasteiger partial charge in [0.25, 0.3) is 0 Å². The highest BCUT2D eigenvalue weighted by molar-refractivity contribution is 5.70. The predicted octanol–water partition coefficient (Wildman–Crippen LogP) is 17.9. The zero-order valence-corrected chi connectivity index (χ0v) is 41.1. The lowest BCUT2D eigenvalue weighted by molar-refractivity contribution is -0.161. The molecule has 0 aromatic rings. The summed E-state index contributed by atoms with van der Waals surface area (Å²) in [6, 6.07) is 0. The smallest absolute Gasteiger partial charge is 0.306 e. The molecule has 0 heterocycles. The fourth-order valence-corrected chi connectivity index (χ4v) is 7.82. The minimum absolute atomic E-state index is 0.0667. The largest absolute Gasteiger partial charge is 0.462 e.